The van der Waals surface area contributed by atoms with Crippen molar-refractivity contribution in [2.45, 2.75) is 31.8 Å². The van der Waals surface area contributed by atoms with Crippen molar-refractivity contribution in [2.24, 2.45) is 7.05 Å². The molecular weight excluding hydrogens is 447 g/mol. The third-order valence-electron chi connectivity index (χ3n) is 7.58. The molecule has 1 saturated heterocycles. The Morgan fingerprint density at radius 2 is 1.91 bits per heavy atom. The van der Waals surface area contributed by atoms with Gasteiger partial charge in [-0.2, -0.15) is 0 Å². The summed E-state index contributed by atoms with van der Waals surface area (Å²) in [6.07, 6.45) is 5.53. The molecule has 182 valence electrons. The van der Waals surface area contributed by atoms with E-state index in [2.05, 4.69) is 28.9 Å². The van der Waals surface area contributed by atoms with E-state index in [1.165, 1.54) is 6.07 Å². The van der Waals surface area contributed by atoms with Crippen LogP contribution in [0.2, 0.25) is 0 Å². The third-order valence-corrected chi connectivity index (χ3v) is 7.58. The first kappa shape index (κ1) is 22.0. The molecule has 4 aromatic rings. The van der Waals surface area contributed by atoms with Crippen LogP contribution < -0.4 is 15.3 Å². The van der Waals surface area contributed by atoms with Gasteiger partial charge in [0.05, 0.1) is 39.7 Å². The second-order valence-electron chi connectivity index (χ2n) is 9.91. The highest BCUT2D eigenvalue weighted by Crippen LogP contribution is 2.43. The predicted molar refractivity (Wildman–Crippen MR) is 135 cm³/mol. The van der Waals surface area contributed by atoms with Crippen LogP contribution in [-0.4, -0.2) is 63.8 Å². The van der Waals surface area contributed by atoms with E-state index in [9.17, 15) is 4.79 Å². The van der Waals surface area contributed by atoms with E-state index in [1.807, 2.05) is 19.1 Å². The summed E-state index contributed by atoms with van der Waals surface area (Å²) in [5, 5.41) is 0.663. The van der Waals surface area contributed by atoms with Crippen LogP contribution in [0.4, 0.5) is 10.2 Å². The molecule has 0 bridgehead atoms. The summed E-state index contributed by atoms with van der Waals surface area (Å²) >= 11 is 0. The molecule has 0 spiro atoms. The van der Waals surface area contributed by atoms with Crippen LogP contribution in [0.25, 0.3) is 33.1 Å². The second-order valence-corrected chi connectivity index (χ2v) is 9.91. The highest BCUT2D eigenvalue weighted by Gasteiger charge is 2.29. The molecule has 2 aliphatic heterocycles. The fraction of sp³-hybridized carbons (Fsp3) is 0.423. The number of aromatic nitrogens is 4. The van der Waals surface area contributed by atoms with Crippen molar-refractivity contribution in [2.75, 3.05) is 38.7 Å². The van der Waals surface area contributed by atoms with Crippen molar-refractivity contribution in [3.05, 3.63) is 46.9 Å². The van der Waals surface area contributed by atoms with Crippen LogP contribution in [0, 0.1) is 5.82 Å². The molecule has 1 aromatic carbocycles. The minimum Gasteiger partial charge on any atom is -0.490 e. The maximum absolute atomic E-state index is 15.5. The van der Waals surface area contributed by atoms with Crippen LogP contribution in [0.1, 0.15) is 25.8 Å². The normalized spacial score (nSPS) is 18.6. The van der Waals surface area contributed by atoms with Gasteiger partial charge in [0.1, 0.15) is 24.0 Å². The number of halogens is 1. The average molecular weight is 477 g/mol. The smallest absolute Gasteiger partial charge is 0.329 e. The van der Waals surface area contributed by atoms with Crippen LogP contribution in [0.15, 0.2) is 35.4 Å². The van der Waals surface area contributed by atoms with Gasteiger partial charge < -0.3 is 14.5 Å². The summed E-state index contributed by atoms with van der Waals surface area (Å²) in [6, 6.07) is 5.68. The summed E-state index contributed by atoms with van der Waals surface area (Å²) in [6.45, 7) is 4.08. The Balaban J connectivity index is 1.46. The molecule has 1 atom stereocenters. The van der Waals surface area contributed by atoms with Crippen molar-refractivity contribution in [3.63, 3.8) is 0 Å². The molecule has 5 heterocycles. The molecule has 35 heavy (non-hydrogen) atoms. The monoisotopic (exact) mass is 476 g/mol. The van der Waals surface area contributed by atoms with E-state index in [4.69, 9.17) is 9.72 Å². The van der Waals surface area contributed by atoms with Crippen LogP contribution in [-0.2, 0) is 7.05 Å². The second kappa shape index (κ2) is 8.05. The van der Waals surface area contributed by atoms with E-state index in [0.29, 0.717) is 39.3 Å². The van der Waals surface area contributed by atoms with Crippen molar-refractivity contribution < 1.29 is 9.13 Å². The van der Waals surface area contributed by atoms with Gasteiger partial charge in [0.15, 0.2) is 0 Å². The zero-order valence-electron chi connectivity index (χ0n) is 20.5. The Morgan fingerprint density at radius 1 is 1.14 bits per heavy atom. The molecule has 0 radical (unpaired) electrons. The Kier molecular flexibility index (Phi) is 5.07. The molecule has 2 aliphatic rings. The summed E-state index contributed by atoms with van der Waals surface area (Å²) in [5.74, 6) is 0.900. The molecule has 9 heteroatoms. The van der Waals surface area contributed by atoms with Gasteiger partial charge in [-0.3, -0.25) is 14.1 Å². The lowest BCUT2D eigenvalue weighted by molar-refractivity contribution is 0.249. The Bertz CT molecular complexity index is 1500. The summed E-state index contributed by atoms with van der Waals surface area (Å²) in [7, 11) is 5.99. The molecule has 6 rings (SSSR count). The zero-order valence-corrected chi connectivity index (χ0v) is 20.5. The lowest BCUT2D eigenvalue weighted by Crippen LogP contribution is -2.42. The first-order valence-corrected chi connectivity index (χ1v) is 12.1. The predicted octanol–water partition coefficient (Wildman–Crippen LogP) is 3.57. The van der Waals surface area contributed by atoms with Gasteiger partial charge in [0.2, 0.25) is 0 Å². The quantitative estimate of drug-likeness (QED) is 0.450. The molecule has 0 amide bonds. The molecule has 3 aromatic heterocycles. The van der Waals surface area contributed by atoms with Crippen LogP contribution >= 0.6 is 0 Å². The molecule has 0 unspecified atom stereocenters. The number of pyridine rings is 2. The number of piperidine rings is 1. The molecular formula is C26H29FN6O2. The van der Waals surface area contributed by atoms with E-state index >= 15 is 4.39 Å². The topological polar surface area (TPSA) is 68.4 Å². The Morgan fingerprint density at radius 3 is 2.60 bits per heavy atom. The minimum absolute atomic E-state index is 0.131. The minimum atomic E-state index is -0.417. The first-order valence-electron chi connectivity index (χ1n) is 12.1. The lowest BCUT2D eigenvalue weighted by Gasteiger charge is -2.35. The maximum atomic E-state index is 15.5. The van der Waals surface area contributed by atoms with Crippen LogP contribution in [0.3, 0.4) is 0 Å². The zero-order chi connectivity index (χ0) is 24.4. The molecule has 0 aliphatic carbocycles. The number of hydrogen-bond donors (Lipinski definition) is 0. The fourth-order valence-corrected chi connectivity index (χ4v) is 5.55. The Labute approximate surface area is 202 Å². The highest BCUT2D eigenvalue weighted by atomic mass is 19.1. The number of nitrogens with zero attached hydrogens (tertiary/aromatic N) is 6. The number of anilines is 1. The SMILES string of the molecule is C[C@H]1COc2c(-c3ccc(N4CCC(N(C)C)CC4)nc3)c(F)cc3ncc4c(c23)n1c(=O)n4C. The maximum Gasteiger partial charge on any atom is 0.329 e. The van der Waals surface area contributed by atoms with Gasteiger partial charge in [-0.15, -0.1) is 0 Å². The molecule has 8 nitrogen and oxygen atoms in total. The number of aryl methyl sites for hydroxylation is 1. The number of ether oxygens (including phenoxy) is 1. The first-order chi connectivity index (χ1) is 16.8. The van der Waals surface area contributed by atoms with Crippen molar-refractivity contribution in [3.8, 4) is 16.9 Å². The van der Waals surface area contributed by atoms with Crippen molar-refractivity contribution in [1.29, 1.82) is 0 Å². The largest absolute Gasteiger partial charge is 0.490 e. The number of imidazole rings is 1. The molecule has 0 saturated carbocycles. The van der Waals surface area contributed by atoms with E-state index < -0.39 is 5.82 Å². The molecule has 1 fully saturated rings. The van der Waals surface area contributed by atoms with Gasteiger partial charge in [-0.25, -0.2) is 14.2 Å². The number of rotatable bonds is 3. The lowest BCUT2D eigenvalue weighted by atomic mass is 10.0. The van der Waals surface area contributed by atoms with E-state index in [-0.39, 0.29) is 18.3 Å². The summed E-state index contributed by atoms with van der Waals surface area (Å²) < 4.78 is 25.0. The highest BCUT2D eigenvalue weighted by molar-refractivity contribution is 6.09. The molecule has 0 N–H and O–H groups in total. The fourth-order valence-electron chi connectivity index (χ4n) is 5.55. The summed E-state index contributed by atoms with van der Waals surface area (Å²) in [4.78, 5) is 26.7. The van der Waals surface area contributed by atoms with E-state index in [1.54, 1.807) is 28.6 Å². The number of hydrogen-bond acceptors (Lipinski definition) is 6. The Hall–Kier alpha value is -3.46. The van der Waals surface area contributed by atoms with Gasteiger partial charge in [-0.1, -0.05) is 0 Å². The summed E-state index contributed by atoms with van der Waals surface area (Å²) in [5.41, 5.74) is 2.77. The van der Waals surface area contributed by atoms with Gasteiger partial charge in [-0.05, 0) is 46.0 Å². The van der Waals surface area contributed by atoms with Crippen molar-refractivity contribution in [1.82, 2.24) is 24.0 Å². The van der Waals surface area contributed by atoms with Gasteiger partial charge in [0.25, 0.3) is 0 Å². The van der Waals surface area contributed by atoms with Crippen LogP contribution in [0.5, 0.6) is 5.75 Å². The standard InChI is InChI=1S/C26H29FN6O2/c1-15-14-35-25-22(16-5-6-21(29-12-16)32-9-7-17(8-10-32)30(2)3)18(27)11-19-23(25)24-20(13-28-19)31(4)26(34)33(15)24/h5-6,11-13,15,17H,7-10,14H2,1-4H3/t15-/m0/s1. The number of benzene rings is 1. The van der Waals surface area contributed by atoms with Crippen molar-refractivity contribution >= 4 is 27.8 Å². The third kappa shape index (κ3) is 3.32. The van der Waals surface area contributed by atoms with Gasteiger partial charge >= 0.3 is 5.69 Å². The average Bonchev–Trinajstić information content (AvgIpc) is 3.01. The van der Waals surface area contributed by atoms with E-state index in [0.717, 1.165) is 37.3 Å². The van der Waals surface area contributed by atoms with Gasteiger partial charge in [0, 0.05) is 44.0 Å².